The van der Waals surface area contributed by atoms with Crippen LogP contribution in [0.25, 0.3) is 5.32 Å². The van der Waals surface area contributed by atoms with Crippen molar-refractivity contribution in [2.24, 2.45) is 0 Å². The summed E-state index contributed by atoms with van der Waals surface area (Å²) < 4.78 is 4.65. The smallest absolute Gasteiger partial charge is 0.162 e. The number of nitrogens with zero attached hydrogens (tertiary/aromatic N) is 1. The maximum Gasteiger partial charge on any atom is -0.162 e. The number of hydrogen-bond acceptors (Lipinski definition) is 0. The van der Waals surface area contributed by atoms with Crippen molar-refractivity contribution in [3.05, 3.63) is 5.32 Å². The van der Waals surface area contributed by atoms with E-state index in [-0.39, 0.29) is 0 Å². The fourth-order valence-electron chi connectivity index (χ4n) is 0.750. The second-order valence-corrected chi connectivity index (χ2v) is 12.6. The van der Waals surface area contributed by atoms with Crippen LogP contribution in [0.2, 0.25) is 13.3 Å². The van der Waals surface area contributed by atoms with Gasteiger partial charge in [0.25, 0.3) is 0 Å². The maximum atomic E-state index is 3.50. The van der Waals surface area contributed by atoms with E-state index < -0.39 is 19.8 Å². The first-order valence-corrected chi connectivity index (χ1v) is 10.1. The predicted molar refractivity (Wildman–Crippen MR) is 52.4 cm³/mol. The van der Waals surface area contributed by atoms with Crippen LogP contribution in [0.15, 0.2) is 0 Å². The zero-order chi connectivity index (χ0) is 8.41. The summed E-state index contributed by atoms with van der Waals surface area (Å²) in [5.74, 6) is 0. The third-order valence-corrected chi connectivity index (χ3v) is 10.1. The predicted octanol–water partition coefficient (Wildman–Crippen LogP) is 3.16. The van der Waals surface area contributed by atoms with Crippen molar-refractivity contribution in [3.63, 3.8) is 0 Å². The van der Waals surface area contributed by atoms with Gasteiger partial charge in [0.2, 0.25) is 0 Å². The average Bonchev–Trinajstić information content (AvgIpc) is 1.93. The fraction of sp³-hybridized carbons (Fsp3) is 1.00. The average molecular weight is 250 g/mol. The molecule has 0 saturated carbocycles. The SMILES string of the molecule is C[CH2][Sn+]([CH2]C)[CH2]C.C[N-]C. The molecule has 0 aromatic heterocycles. The van der Waals surface area contributed by atoms with E-state index in [9.17, 15) is 0 Å². The van der Waals surface area contributed by atoms with Crippen LogP contribution in [0.4, 0.5) is 0 Å². The molecule has 0 unspecified atom stereocenters. The third kappa shape index (κ3) is 11.5. The molecule has 1 nitrogen and oxygen atoms in total. The quantitative estimate of drug-likeness (QED) is 0.683. The third-order valence-electron chi connectivity index (χ3n) is 1.50. The summed E-state index contributed by atoms with van der Waals surface area (Å²) in [4.78, 5) is 0. The molecule has 0 saturated heterocycles. The summed E-state index contributed by atoms with van der Waals surface area (Å²) in [7, 11) is 3.50. The van der Waals surface area contributed by atoms with Gasteiger partial charge >= 0.3 is 53.8 Å². The van der Waals surface area contributed by atoms with Crippen molar-refractivity contribution in [2.45, 2.75) is 34.1 Å². The van der Waals surface area contributed by atoms with Crippen LogP contribution in [-0.2, 0) is 0 Å². The molecule has 10 heavy (non-hydrogen) atoms. The van der Waals surface area contributed by atoms with E-state index in [0.29, 0.717) is 0 Å². The molecule has 2 heteroatoms. The Kier molecular flexibility index (Phi) is 16.6. The Labute approximate surface area is 73.3 Å². The second-order valence-electron chi connectivity index (χ2n) is 2.26. The molecular weight excluding hydrogens is 229 g/mol. The van der Waals surface area contributed by atoms with E-state index >= 15 is 0 Å². The van der Waals surface area contributed by atoms with E-state index in [1.165, 1.54) is 0 Å². The number of hydrogen-bond donors (Lipinski definition) is 0. The molecule has 0 amide bonds. The summed E-state index contributed by atoms with van der Waals surface area (Å²) >= 11 is -0.653. The van der Waals surface area contributed by atoms with E-state index in [1.807, 2.05) is 0 Å². The van der Waals surface area contributed by atoms with Gasteiger partial charge in [0.1, 0.15) is 0 Å². The minimum absolute atomic E-state index is 0.653. The number of rotatable bonds is 3. The van der Waals surface area contributed by atoms with Crippen LogP contribution in [0.3, 0.4) is 0 Å². The molecule has 0 radical (unpaired) electrons. The van der Waals surface area contributed by atoms with Crippen molar-refractivity contribution >= 4 is 19.8 Å². The Morgan fingerprint density at radius 3 is 1.10 bits per heavy atom. The van der Waals surface area contributed by atoms with Gasteiger partial charge in [0.05, 0.1) is 0 Å². The van der Waals surface area contributed by atoms with Crippen LogP contribution in [0.5, 0.6) is 0 Å². The second kappa shape index (κ2) is 12.4. The van der Waals surface area contributed by atoms with Crippen molar-refractivity contribution in [1.82, 2.24) is 0 Å². The first-order valence-electron chi connectivity index (χ1n) is 4.08. The molecule has 0 aromatic carbocycles. The Morgan fingerprint density at radius 2 is 1.10 bits per heavy atom. The first kappa shape index (κ1) is 13.4. The van der Waals surface area contributed by atoms with Crippen molar-refractivity contribution in [2.75, 3.05) is 14.1 Å². The molecule has 0 rings (SSSR count). The van der Waals surface area contributed by atoms with Gasteiger partial charge in [-0.25, -0.2) is 0 Å². The first-order chi connectivity index (χ1) is 4.76. The molecule has 0 aliphatic heterocycles. The van der Waals surface area contributed by atoms with E-state index in [2.05, 4.69) is 26.1 Å². The van der Waals surface area contributed by atoms with Gasteiger partial charge in [-0.3, -0.25) is 0 Å². The van der Waals surface area contributed by atoms with Crippen molar-refractivity contribution in [1.29, 1.82) is 0 Å². The van der Waals surface area contributed by atoms with Crippen molar-refractivity contribution < 1.29 is 0 Å². The van der Waals surface area contributed by atoms with Gasteiger partial charge in [-0.1, -0.05) is 0 Å². The molecular formula is C8H21NSn. The van der Waals surface area contributed by atoms with Crippen LogP contribution in [0, 0.1) is 0 Å². The molecule has 0 aliphatic carbocycles. The van der Waals surface area contributed by atoms with Gasteiger partial charge in [0.15, 0.2) is 0 Å². The Hall–Kier alpha value is 0.759. The molecule has 0 heterocycles. The Bertz CT molecular complexity index is 39.0. The van der Waals surface area contributed by atoms with Gasteiger partial charge in [0, 0.05) is 0 Å². The molecule has 62 valence electrons. The maximum absolute atomic E-state index is 3.50. The summed E-state index contributed by atoms with van der Waals surface area (Å²) in [6.45, 7) is 7.05. The molecule has 0 atom stereocenters. The Morgan fingerprint density at radius 1 is 0.900 bits per heavy atom. The van der Waals surface area contributed by atoms with Crippen LogP contribution >= 0.6 is 0 Å². The fourth-order valence-corrected chi connectivity index (χ4v) is 5.03. The minimum atomic E-state index is -0.653. The van der Waals surface area contributed by atoms with Crippen LogP contribution in [0.1, 0.15) is 20.8 Å². The van der Waals surface area contributed by atoms with Gasteiger partial charge < -0.3 is 5.32 Å². The molecule has 0 fully saturated rings. The van der Waals surface area contributed by atoms with Crippen LogP contribution < -0.4 is 0 Å². The van der Waals surface area contributed by atoms with Crippen molar-refractivity contribution in [3.8, 4) is 0 Å². The minimum Gasteiger partial charge on any atom is -0.668 e. The Balaban J connectivity index is 0. The summed E-state index contributed by atoms with van der Waals surface area (Å²) in [6.07, 6.45) is 0. The summed E-state index contributed by atoms with van der Waals surface area (Å²) in [5, 5.41) is 3.50. The summed E-state index contributed by atoms with van der Waals surface area (Å²) in [5.41, 5.74) is 0. The van der Waals surface area contributed by atoms with Gasteiger partial charge in [-0.2, -0.15) is 14.1 Å². The zero-order valence-corrected chi connectivity index (χ0v) is 10.9. The van der Waals surface area contributed by atoms with E-state index in [0.717, 1.165) is 0 Å². The largest absolute Gasteiger partial charge is 0.668 e. The molecule has 0 spiro atoms. The van der Waals surface area contributed by atoms with E-state index in [1.54, 1.807) is 27.4 Å². The molecule has 0 aromatic rings. The zero-order valence-electron chi connectivity index (χ0n) is 8.07. The standard InChI is InChI=1S/C2H6N.3C2H5.Sn/c1-3-2;3*1-2;/h1-2H3;3*1H2,2H3;/q-1;;;;+1. The van der Waals surface area contributed by atoms with Gasteiger partial charge in [-0.15, -0.1) is 0 Å². The van der Waals surface area contributed by atoms with E-state index in [4.69, 9.17) is 0 Å². The molecule has 0 bridgehead atoms. The normalized spacial score (nSPS) is 8.10. The summed E-state index contributed by atoms with van der Waals surface area (Å²) in [6, 6.07) is 0. The monoisotopic (exact) mass is 251 g/mol. The van der Waals surface area contributed by atoms with Gasteiger partial charge in [-0.05, 0) is 0 Å². The van der Waals surface area contributed by atoms with Crippen LogP contribution in [-0.4, -0.2) is 33.9 Å². The molecule has 0 N–H and O–H groups in total. The molecule has 0 aliphatic rings. The topological polar surface area (TPSA) is 14.1 Å².